The van der Waals surface area contributed by atoms with Crippen LogP contribution in [0.3, 0.4) is 0 Å². The van der Waals surface area contributed by atoms with Crippen molar-refractivity contribution in [2.45, 2.75) is 12.5 Å². The third kappa shape index (κ3) is 2.86. The van der Waals surface area contributed by atoms with Gasteiger partial charge in [-0.1, -0.05) is 30.3 Å². The summed E-state index contributed by atoms with van der Waals surface area (Å²) in [6, 6.07) is 10.1. The number of hydrogen-bond donors (Lipinski definition) is 0. The Morgan fingerprint density at radius 3 is 2.81 bits per heavy atom. The number of ketones is 1. The molecule has 1 unspecified atom stereocenters. The first-order chi connectivity index (χ1) is 7.77. The maximum absolute atomic E-state index is 12.0. The second kappa shape index (κ2) is 5.51. The molecule has 1 fully saturated rings. The topological polar surface area (TPSA) is 20.3 Å². The minimum absolute atomic E-state index is 0.222. The molecule has 0 aliphatic carbocycles. The first-order valence-electron chi connectivity index (χ1n) is 5.63. The predicted molar refractivity (Wildman–Crippen MR) is 69.1 cm³/mol. The lowest BCUT2D eigenvalue weighted by Crippen LogP contribution is -2.35. The normalized spacial score (nSPS) is 20.2. The monoisotopic (exact) mass is 235 g/mol. The lowest BCUT2D eigenvalue weighted by molar-refractivity contribution is 0.0927. The summed E-state index contributed by atoms with van der Waals surface area (Å²) >= 11 is 1.98. The average Bonchev–Trinajstić information content (AvgIpc) is 2.83. The molecular formula is C13H17NOS. The smallest absolute Gasteiger partial charge is 0.176 e. The van der Waals surface area contributed by atoms with E-state index in [1.165, 1.54) is 17.9 Å². The summed E-state index contributed by atoms with van der Waals surface area (Å²) in [7, 11) is 2.05. The van der Waals surface area contributed by atoms with Crippen molar-refractivity contribution in [3.05, 3.63) is 35.9 Å². The molecule has 0 N–H and O–H groups in total. The Morgan fingerprint density at radius 1 is 1.44 bits per heavy atom. The number of carbonyl (C=O) groups is 1. The van der Waals surface area contributed by atoms with Crippen LogP contribution in [0.1, 0.15) is 16.8 Å². The van der Waals surface area contributed by atoms with Crippen molar-refractivity contribution in [1.82, 2.24) is 4.90 Å². The van der Waals surface area contributed by atoms with Crippen LogP contribution in [-0.2, 0) is 0 Å². The van der Waals surface area contributed by atoms with Crippen molar-refractivity contribution >= 4 is 17.5 Å². The number of nitrogens with zero attached hydrogens (tertiary/aromatic N) is 1. The molecule has 2 rings (SSSR count). The molecule has 1 aliphatic heterocycles. The fourth-order valence-electron chi connectivity index (χ4n) is 1.94. The number of rotatable bonds is 4. The molecule has 1 aliphatic rings. The molecule has 0 bridgehead atoms. The second-order valence-electron chi connectivity index (χ2n) is 4.22. The van der Waals surface area contributed by atoms with Gasteiger partial charge >= 0.3 is 0 Å². The largest absolute Gasteiger partial charge is 0.295 e. The van der Waals surface area contributed by atoms with E-state index in [9.17, 15) is 4.79 Å². The Morgan fingerprint density at radius 2 is 2.19 bits per heavy atom. The van der Waals surface area contributed by atoms with Gasteiger partial charge in [0, 0.05) is 17.4 Å². The van der Waals surface area contributed by atoms with E-state index in [2.05, 4.69) is 11.9 Å². The van der Waals surface area contributed by atoms with Gasteiger partial charge in [-0.3, -0.25) is 9.69 Å². The molecule has 1 saturated heterocycles. The highest BCUT2D eigenvalue weighted by Gasteiger charge is 2.21. The third-order valence-corrected chi connectivity index (χ3v) is 4.16. The first kappa shape index (κ1) is 11.7. The van der Waals surface area contributed by atoms with Crippen molar-refractivity contribution in [1.29, 1.82) is 0 Å². The van der Waals surface area contributed by atoms with E-state index in [-0.39, 0.29) is 5.78 Å². The van der Waals surface area contributed by atoms with Gasteiger partial charge in [-0.15, -0.1) is 0 Å². The van der Waals surface area contributed by atoms with Crippen LogP contribution in [0.4, 0.5) is 0 Å². The first-order valence-corrected chi connectivity index (χ1v) is 6.79. The molecule has 0 saturated carbocycles. The molecule has 86 valence electrons. The van der Waals surface area contributed by atoms with Crippen molar-refractivity contribution in [2.75, 3.05) is 25.1 Å². The molecule has 16 heavy (non-hydrogen) atoms. The molecule has 1 heterocycles. The number of carbonyl (C=O) groups excluding carboxylic acids is 1. The molecule has 1 aromatic carbocycles. The van der Waals surface area contributed by atoms with Crippen LogP contribution in [0.2, 0.25) is 0 Å². The number of likely N-dealkylation sites (N-methyl/N-ethyl adjacent to an activating group) is 1. The van der Waals surface area contributed by atoms with Crippen LogP contribution in [0.5, 0.6) is 0 Å². The Hall–Kier alpha value is -0.800. The van der Waals surface area contributed by atoms with E-state index in [4.69, 9.17) is 0 Å². The van der Waals surface area contributed by atoms with E-state index in [1.54, 1.807) is 0 Å². The zero-order valence-corrected chi connectivity index (χ0v) is 10.4. The summed E-state index contributed by atoms with van der Waals surface area (Å²) in [5.74, 6) is 2.62. The quantitative estimate of drug-likeness (QED) is 0.747. The van der Waals surface area contributed by atoms with E-state index in [1.807, 2.05) is 42.1 Å². The average molecular weight is 235 g/mol. The van der Waals surface area contributed by atoms with Gasteiger partial charge in [0.1, 0.15) is 0 Å². The van der Waals surface area contributed by atoms with E-state index in [0.717, 1.165) is 5.56 Å². The lowest BCUT2D eigenvalue weighted by atomic mass is 10.1. The Kier molecular flexibility index (Phi) is 4.02. The standard InChI is InChI=1S/C13H17NOS/c1-14(12-7-8-16-10-12)9-13(15)11-5-3-2-4-6-11/h2-6,12H,7-10H2,1H3. The zero-order chi connectivity index (χ0) is 11.4. The van der Waals surface area contributed by atoms with Crippen LogP contribution >= 0.6 is 11.8 Å². The Bertz CT molecular complexity index is 346. The van der Waals surface area contributed by atoms with Crippen molar-refractivity contribution in [3.8, 4) is 0 Å². The van der Waals surface area contributed by atoms with E-state index < -0.39 is 0 Å². The molecule has 0 spiro atoms. The Labute approximate surface area is 101 Å². The molecule has 3 heteroatoms. The zero-order valence-electron chi connectivity index (χ0n) is 9.56. The van der Waals surface area contributed by atoms with Crippen LogP contribution in [0.25, 0.3) is 0 Å². The van der Waals surface area contributed by atoms with E-state index >= 15 is 0 Å². The Balaban J connectivity index is 1.92. The molecule has 2 nitrogen and oxygen atoms in total. The predicted octanol–water partition coefficient (Wildman–Crippen LogP) is 2.31. The van der Waals surface area contributed by atoms with Gasteiger partial charge in [0.05, 0.1) is 6.54 Å². The summed E-state index contributed by atoms with van der Waals surface area (Å²) in [6.45, 7) is 0.537. The van der Waals surface area contributed by atoms with Gasteiger partial charge in [-0.2, -0.15) is 11.8 Å². The summed E-state index contributed by atoms with van der Waals surface area (Å²) in [5.41, 5.74) is 0.819. The molecule has 1 aromatic rings. The van der Waals surface area contributed by atoms with Crippen molar-refractivity contribution in [2.24, 2.45) is 0 Å². The van der Waals surface area contributed by atoms with Gasteiger partial charge < -0.3 is 0 Å². The molecule has 1 atom stereocenters. The minimum atomic E-state index is 0.222. The molecule has 0 amide bonds. The van der Waals surface area contributed by atoms with Gasteiger partial charge in [0.15, 0.2) is 5.78 Å². The lowest BCUT2D eigenvalue weighted by Gasteiger charge is -2.22. The summed E-state index contributed by atoms with van der Waals surface area (Å²) in [5, 5.41) is 0. The third-order valence-electron chi connectivity index (χ3n) is 3.02. The van der Waals surface area contributed by atoms with Crippen molar-refractivity contribution in [3.63, 3.8) is 0 Å². The number of hydrogen-bond acceptors (Lipinski definition) is 3. The highest BCUT2D eigenvalue weighted by atomic mass is 32.2. The van der Waals surface area contributed by atoms with Gasteiger partial charge in [-0.25, -0.2) is 0 Å². The fourth-order valence-corrected chi connectivity index (χ4v) is 3.24. The number of thioether (sulfide) groups is 1. The maximum atomic E-state index is 12.0. The fraction of sp³-hybridized carbons (Fsp3) is 0.462. The van der Waals surface area contributed by atoms with Crippen molar-refractivity contribution < 1.29 is 4.79 Å². The van der Waals surface area contributed by atoms with Gasteiger partial charge in [0.25, 0.3) is 0 Å². The highest BCUT2D eigenvalue weighted by molar-refractivity contribution is 7.99. The molecular weight excluding hydrogens is 218 g/mol. The SMILES string of the molecule is CN(CC(=O)c1ccccc1)C1CCSC1. The van der Waals surface area contributed by atoms with Crippen LogP contribution < -0.4 is 0 Å². The van der Waals surface area contributed by atoms with Crippen LogP contribution in [0, 0.1) is 0 Å². The van der Waals surface area contributed by atoms with Crippen LogP contribution in [-0.4, -0.2) is 41.8 Å². The minimum Gasteiger partial charge on any atom is -0.295 e. The van der Waals surface area contributed by atoms with Gasteiger partial charge in [0.2, 0.25) is 0 Å². The van der Waals surface area contributed by atoms with E-state index in [0.29, 0.717) is 12.6 Å². The van der Waals surface area contributed by atoms with Gasteiger partial charge in [-0.05, 0) is 19.2 Å². The van der Waals surface area contributed by atoms with Crippen LogP contribution in [0.15, 0.2) is 30.3 Å². The number of Topliss-reactive ketones (excluding diaryl/α,β-unsaturated/α-hetero) is 1. The maximum Gasteiger partial charge on any atom is 0.176 e. The summed E-state index contributed by atoms with van der Waals surface area (Å²) in [6.07, 6.45) is 1.21. The summed E-state index contributed by atoms with van der Waals surface area (Å²) < 4.78 is 0. The highest BCUT2D eigenvalue weighted by Crippen LogP contribution is 2.21. The summed E-state index contributed by atoms with van der Waals surface area (Å²) in [4.78, 5) is 14.2. The molecule has 0 radical (unpaired) electrons. The number of benzene rings is 1. The molecule has 0 aromatic heterocycles. The second-order valence-corrected chi connectivity index (χ2v) is 5.37.